The molecule has 2 aliphatic rings. The van der Waals surface area contributed by atoms with E-state index in [4.69, 9.17) is 14.2 Å². The summed E-state index contributed by atoms with van der Waals surface area (Å²) in [4.78, 5) is 2.48. The number of fused-ring (bicyclic) bond motifs is 1. The molecule has 2 aromatic carbocycles. The Morgan fingerprint density at radius 2 is 1.67 bits per heavy atom. The number of ether oxygens (including phenoxy) is 3. The first kappa shape index (κ1) is 21.0. The van der Waals surface area contributed by atoms with E-state index < -0.39 is 0 Å². The van der Waals surface area contributed by atoms with Crippen LogP contribution in [0.2, 0.25) is 0 Å². The first-order chi connectivity index (χ1) is 14.7. The molecule has 1 saturated heterocycles. The van der Waals surface area contributed by atoms with Gasteiger partial charge in [-0.15, -0.1) is 0 Å². The van der Waals surface area contributed by atoms with Gasteiger partial charge in [-0.25, -0.2) is 0 Å². The maximum atomic E-state index is 5.46. The maximum absolute atomic E-state index is 5.46. The first-order valence-corrected chi connectivity index (χ1v) is 11.0. The van der Waals surface area contributed by atoms with Crippen LogP contribution in [0.1, 0.15) is 42.4 Å². The number of benzene rings is 2. The summed E-state index contributed by atoms with van der Waals surface area (Å²) < 4.78 is 16.4. The summed E-state index contributed by atoms with van der Waals surface area (Å²) in [6, 6.07) is 15.6. The molecular weight excluding hydrogens is 374 g/mol. The van der Waals surface area contributed by atoms with Gasteiger partial charge in [0.05, 0.1) is 7.11 Å². The van der Waals surface area contributed by atoms with Crippen LogP contribution in [0.4, 0.5) is 5.69 Å². The van der Waals surface area contributed by atoms with Gasteiger partial charge in [-0.1, -0.05) is 24.3 Å². The predicted octanol–water partition coefficient (Wildman–Crippen LogP) is 5.30. The van der Waals surface area contributed by atoms with Crippen molar-refractivity contribution >= 4 is 11.3 Å². The van der Waals surface area contributed by atoms with Crippen molar-refractivity contribution < 1.29 is 14.2 Å². The summed E-state index contributed by atoms with van der Waals surface area (Å²) in [6.07, 6.45) is 7.89. The van der Waals surface area contributed by atoms with Crippen molar-refractivity contribution in [3.63, 3.8) is 0 Å². The summed E-state index contributed by atoms with van der Waals surface area (Å²) in [6.45, 7) is 2.08. The Balaban J connectivity index is 1.49. The second-order valence-corrected chi connectivity index (χ2v) is 8.24. The van der Waals surface area contributed by atoms with Gasteiger partial charge in [0.2, 0.25) is 0 Å². The normalized spacial score (nSPS) is 17.5. The molecule has 0 bridgehead atoms. The van der Waals surface area contributed by atoms with Gasteiger partial charge in [0, 0.05) is 38.9 Å². The molecule has 1 aliphatic heterocycles. The second kappa shape index (κ2) is 9.67. The van der Waals surface area contributed by atoms with Crippen molar-refractivity contribution in [1.29, 1.82) is 0 Å². The Bertz CT molecular complexity index is 862. The Labute approximate surface area is 180 Å². The monoisotopic (exact) mass is 407 g/mol. The summed E-state index contributed by atoms with van der Waals surface area (Å²) in [5.41, 5.74) is 6.66. The molecule has 0 saturated carbocycles. The minimum Gasteiger partial charge on any atom is -0.497 e. The van der Waals surface area contributed by atoms with Crippen LogP contribution in [-0.4, -0.2) is 40.7 Å². The van der Waals surface area contributed by atoms with E-state index in [9.17, 15) is 0 Å². The SMILES string of the molecule is COc1ccc2c(c1)CCCC=C2c1ccc(N2CCC(C(OC)OC)CC2)cc1. The van der Waals surface area contributed by atoms with Crippen LogP contribution in [0, 0.1) is 5.92 Å². The Hall–Kier alpha value is -2.30. The van der Waals surface area contributed by atoms with Crippen molar-refractivity contribution in [1.82, 2.24) is 0 Å². The summed E-state index contributed by atoms with van der Waals surface area (Å²) >= 11 is 0. The fraction of sp³-hybridized carbons (Fsp3) is 0.462. The average molecular weight is 408 g/mol. The number of aryl methyl sites for hydroxylation is 1. The van der Waals surface area contributed by atoms with Gasteiger partial charge in [0.15, 0.2) is 6.29 Å². The lowest BCUT2D eigenvalue weighted by atomic mass is 9.93. The zero-order valence-electron chi connectivity index (χ0n) is 18.4. The molecule has 1 heterocycles. The fourth-order valence-corrected chi connectivity index (χ4v) is 4.85. The van der Waals surface area contributed by atoms with Crippen molar-refractivity contribution in [2.75, 3.05) is 39.3 Å². The van der Waals surface area contributed by atoms with Crippen LogP contribution in [0.15, 0.2) is 48.5 Å². The third-order valence-corrected chi connectivity index (χ3v) is 6.53. The number of hydrogen-bond acceptors (Lipinski definition) is 4. The zero-order valence-corrected chi connectivity index (χ0v) is 18.4. The third kappa shape index (κ3) is 4.40. The third-order valence-electron chi connectivity index (χ3n) is 6.53. The van der Waals surface area contributed by atoms with Crippen molar-refractivity contribution in [2.45, 2.75) is 38.4 Å². The Morgan fingerprint density at radius 1 is 0.933 bits per heavy atom. The minimum absolute atomic E-state index is 0.0876. The molecular formula is C26H33NO3. The molecule has 4 rings (SSSR count). The van der Waals surface area contributed by atoms with Crippen molar-refractivity contribution in [2.24, 2.45) is 5.92 Å². The summed E-state index contributed by atoms with van der Waals surface area (Å²) in [7, 11) is 5.20. The topological polar surface area (TPSA) is 30.9 Å². The van der Waals surface area contributed by atoms with Crippen LogP contribution in [0.25, 0.3) is 5.57 Å². The number of piperidine rings is 1. The van der Waals surface area contributed by atoms with Crippen LogP contribution in [0.5, 0.6) is 5.75 Å². The van der Waals surface area contributed by atoms with Crippen LogP contribution >= 0.6 is 0 Å². The van der Waals surface area contributed by atoms with Crippen LogP contribution < -0.4 is 9.64 Å². The second-order valence-electron chi connectivity index (χ2n) is 8.24. The van der Waals surface area contributed by atoms with Gasteiger partial charge in [-0.3, -0.25) is 0 Å². The molecule has 0 atom stereocenters. The molecule has 0 radical (unpaired) electrons. The molecule has 1 aliphatic carbocycles. The Morgan fingerprint density at radius 3 is 2.33 bits per heavy atom. The zero-order chi connectivity index (χ0) is 20.9. The molecule has 0 N–H and O–H groups in total. The van der Waals surface area contributed by atoms with E-state index in [1.165, 1.54) is 34.4 Å². The summed E-state index contributed by atoms with van der Waals surface area (Å²) in [5, 5.41) is 0. The van der Waals surface area contributed by atoms with Crippen LogP contribution in [-0.2, 0) is 15.9 Å². The number of anilines is 1. The van der Waals surface area contributed by atoms with E-state index in [-0.39, 0.29) is 6.29 Å². The largest absolute Gasteiger partial charge is 0.497 e. The van der Waals surface area contributed by atoms with Crippen molar-refractivity contribution in [3.05, 3.63) is 65.2 Å². The van der Waals surface area contributed by atoms with E-state index in [2.05, 4.69) is 53.4 Å². The summed E-state index contributed by atoms with van der Waals surface area (Å²) in [5.74, 6) is 1.41. The lowest BCUT2D eigenvalue weighted by Gasteiger charge is -2.36. The molecule has 4 nitrogen and oxygen atoms in total. The molecule has 0 spiro atoms. The number of nitrogens with zero attached hydrogens (tertiary/aromatic N) is 1. The van der Waals surface area contributed by atoms with Gasteiger partial charge in [0.1, 0.15) is 5.75 Å². The molecule has 160 valence electrons. The highest BCUT2D eigenvalue weighted by atomic mass is 16.7. The average Bonchev–Trinajstić information content (AvgIpc) is 3.02. The quantitative estimate of drug-likeness (QED) is 0.608. The van der Waals surface area contributed by atoms with Gasteiger partial charge < -0.3 is 19.1 Å². The van der Waals surface area contributed by atoms with E-state index in [1.54, 1.807) is 21.3 Å². The predicted molar refractivity (Wildman–Crippen MR) is 122 cm³/mol. The van der Waals surface area contributed by atoms with E-state index in [1.807, 2.05) is 0 Å². The van der Waals surface area contributed by atoms with Gasteiger partial charge in [-0.05, 0) is 78.6 Å². The highest BCUT2D eigenvalue weighted by Crippen LogP contribution is 2.34. The van der Waals surface area contributed by atoms with Gasteiger partial charge >= 0.3 is 0 Å². The number of methoxy groups -OCH3 is 3. The smallest absolute Gasteiger partial charge is 0.159 e. The minimum atomic E-state index is -0.0876. The molecule has 0 aromatic heterocycles. The standard InChI is InChI=1S/C26H33NO3/c1-28-23-12-13-25-21(18-23)6-4-5-7-24(25)19-8-10-22(11-9-19)27-16-14-20(15-17-27)26(29-2)30-3/h7-13,18,20,26H,4-6,14-17H2,1-3H3. The highest BCUT2D eigenvalue weighted by molar-refractivity contribution is 5.82. The Kier molecular flexibility index (Phi) is 6.76. The molecule has 2 aromatic rings. The lowest BCUT2D eigenvalue weighted by molar-refractivity contribution is -0.141. The van der Waals surface area contributed by atoms with Crippen LogP contribution in [0.3, 0.4) is 0 Å². The first-order valence-electron chi connectivity index (χ1n) is 11.0. The molecule has 0 unspecified atom stereocenters. The maximum Gasteiger partial charge on any atom is 0.159 e. The number of allylic oxidation sites excluding steroid dienone is 1. The van der Waals surface area contributed by atoms with E-state index >= 15 is 0 Å². The van der Waals surface area contributed by atoms with Gasteiger partial charge in [-0.2, -0.15) is 0 Å². The molecule has 30 heavy (non-hydrogen) atoms. The molecule has 1 fully saturated rings. The fourth-order valence-electron chi connectivity index (χ4n) is 4.85. The number of rotatable bonds is 6. The van der Waals surface area contributed by atoms with E-state index in [0.29, 0.717) is 5.92 Å². The van der Waals surface area contributed by atoms with E-state index in [0.717, 1.165) is 44.5 Å². The lowest BCUT2D eigenvalue weighted by Crippen LogP contribution is -2.39. The molecule has 4 heteroatoms. The molecule has 0 amide bonds. The highest BCUT2D eigenvalue weighted by Gasteiger charge is 2.26. The van der Waals surface area contributed by atoms with Gasteiger partial charge in [0.25, 0.3) is 0 Å². The number of hydrogen-bond donors (Lipinski definition) is 0. The van der Waals surface area contributed by atoms with Crippen molar-refractivity contribution in [3.8, 4) is 5.75 Å².